The number of rotatable bonds is 7. The molecule has 0 spiro atoms. The highest BCUT2D eigenvalue weighted by atomic mass is 15.1. The molecule has 2 aliphatic rings. The molecule has 1 heterocycles. The van der Waals surface area contributed by atoms with Gasteiger partial charge in [0, 0.05) is 38.9 Å². The van der Waals surface area contributed by atoms with Crippen LogP contribution in [-0.4, -0.2) is 4.57 Å². The Morgan fingerprint density at radius 3 is 1.75 bits per heavy atom. The molecule has 2 nitrogen and oxygen atoms in total. The normalized spacial score (nSPS) is 13.6. The number of hydrogen-bond acceptors (Lipinski definition) is 1. The summed E-state index contributed by atoms with van der Waals surface area (Å²) in [5.74, 6) is 0. The number of fused-ring (bicyclic) bond motifs is 8. The van der Waals surface area contributed by atoms with Gasteiger partial charge in [0.15, 0.2) is 0 Å². The zero-order chi connectivity index (χ0) is 44.1. The summed E-state index contributed by atoms with van der Waals surface area (Å²) in [7, 11) is 0. The standard InChI is InChI=1S/C61H46N2.C2H6/c1-61(2)56-20-12-11-19-53(56)54-36-35-51(40-57(54)61)62(49-31-25-43(26-32-49)41-13-5-3-6-14-41)50-33-27-44(28-34-50)42-21-23-45(24-22-42)47-30-37-58-55(39-47)60-52-18-10-9-15-46(52)29-38-59(60)63(58)48-16-7-4-8-17-48;1-2/h4-5,7-40H,3,6H2,1-2H3;1-2H3. The Balaban J connectivity index is 0.00000231. The molecule has 65 heavy (non-hydrogen) atoms. The average molecular weight is 837 g/mol. The number of nitrogens with zero attached hydrogens (tertiary/aromatic N) is 2. The van der Waals surface area contributed by atoms with Gasteiger partial charge < -0.3 is 9.47 Å². The molecular weight excluding hydrogens is 785 g/mol. The number of benzene rings is 9. The Kier molecular flexibility index (Phi) is 10.2. The van der Waals surface area contributed by atoms with E-state index in [0.29, 0.717) is 0 Å². The van der Waals surface area contributed by atoms with E-state index in [2.05, 4.69) is 242 Å². The minimum absolute atomic E-state index is 0.0888. The summed E-state index contributed by atoms with van der Waals surface area (Å²) in [6, 6.07) is 74.1. The molecule has 12 rings (SSSR count). The van der Waals surface area contributed by atoms with Gasteiger partial charge in [-0.1, -0.05) is 179 Å². The van der Waals surface area contributed by atoms with Crippen molar-refractivity contribution in [3.8, 4) is 39.1 Å². The van der Waals surface area contributed by atoms with Crippen LogP contribution in [0.15, 0.2) is 218 Å². The maximum Gasteiger partial charge on any atom is 0.0547 e. The Hall–Kier alpha value is -7.68. The molecule has 0 amide bonds. The minimum Gasteiger partial charge on any atom is -0.310 e. The average Bonchev–Trinajstić information content (AvgIpc) is 3.83. The Labute approximate surface area is 383 Å². The van der Waals surface area contributed by atoms with Crippen LogP contribution in [0.5, 0.6) is 0 Å². The van der Waals surface area contributed by atoms with Gasteiger partial charge >= 0.3 is 0 Å². The highest BCUT2D eigenvalue weighted by Gasteiger charge is 2.35. The van der Waals surface area contributed by atoms with Gasteiger partial charge in [-0.05, 0) is 146 Å². The van der Waals surface area contributed by atoms with Crippen molar-refractivity contribution in [3.63, 3.8) is 0 Å². The Morgan fingerprint density at radius 1 is 0.446 bits per heavy atom. The lowest BCUT2D eigenvalue weighted by atomic mass is 9.82. The SMILES string of the molecule is CC.CC1(C)c2ccccc2-c2ccc(N(c3ccc(C4=CCCC=C4)cc3)c3ccc(-c4ccc(-c5ccc6c(c5)c5c7ccccc7ccc5n6-c5ccccc5)cc4)cc3)cc21. The van der Waals surface area contributed by atoms with Crippen molar-refractivity contribution in [1.82, 2.24) is 4.57 Å². The van der Waals surface area contributed by atoms with Gasteiger partial charge in [-0.15, -0.1) is 0 Å². The predicted octanol–water partition coefficient (Wildman–Crippen LogP) is 17.8. The van der Waals surface area contributed by atoms with Crippen molar-refractivity contribution >= 4 is 55.2 Å². The van der Waals surface area contributed by atoms with Gasteiger partial charge in [0.05, 0.1) is 11.0 Å². The first-order valence-corrected chi connectivity index (χ1v) is 23.2. The smallest absolute Gasteiger partial charge is 0.0547 e. The van der Waals surface area contributed by atoms with Gasteiger partial charge in [-0.25, -0.2) is 0 Å². The second kappa shape index (κ2) is 16.5. The maximum atomic E-state index is 2.42. The molecule has 0 atom stereocenters. The second-order valence-corrected chi connectivity index (χ2v) is 17.6. The second-order valence-electron chi connectivity index (χ2n) is 17.6. The number of anilines is 3. The van der Waals surface area contributed by atoms with Crippen LogP contribution < -0.4 is 4.90 Å². The van der Waals surface area contributed by atoms with Crippen LogP contribution in [0.4, 0.5) is 17.1 Å². The van der Waals surface area contributed by atoms with Gasteiger partial charge in [0.1, 0.15) is 0 Å². The lowest BCUT2D eigenvalue weighted by molar-refractivity contribution is 0.660. The van der Waals surface area contributed by atoms with Gasteiger partial charge in [0.25, 0.3) is 0 Å². The van der Waals surface area contributed by atoms with Crippen LogP contribution in [0, 0.1) is 0 Å². The van der Waals surface area contributed by atoms with E-state index in [-0.39, 0.29) is 5.41 Å². The molecule has 0 fully saturated rings. The number of allylic oxidation sites excluding steroid dienone is 4. The first-order valence-electron chi connectivity index (χ1n) is 23.2. The molecule has 10 aromatic rings. The predicted molar refractivity (Wildman–Crippen MR) is 279 cm³/mol. The van der Waals surface area contributed by atoms with Crippen molar-refractivity contribution in [2.75, 3.05) is 4.90 Å². The first-order chi connectivity index (χ1) is 32.0. The summed E-state index contributed by atoms with van der Waals surface area (Å²) in [4.78, 5) is 2.41. The van der Waals surface area contributed by atoms with Crippen molar-refractivity contribution in [2.24, 2.45) is 0 Å². The van der Waals surface area contributed by atoms with Gasteiger partial charge in [-0.3, -0.25) is 0 Å². The fourth-order valence-corrected chi connectivity index (χ4v) is 10.4. The zero-order valence-electron chi connectivity index (χ0n) is 37.6. The fraction of sp³-hybridized carbons (Fsp3) is 0.111. The summed E-state index contributed by atoms with van der Waals surface area (Å²) in [6.45, 7) is 8.72. The van der Waals surface area contributed by atoms with E-state index in [9.17, 15) is 0 Å². The number of aromatic nitrogens is 1. The lowest BCUT2D eigenvalue weighted by Crippen LogP contribution is -2.16. The molecule has 0 saturated carbocycles. The van der Waals surface area contributed by atoms with E-state index >= 15 is 0 Å². The van der Waals surface area contributed by atoms with Crippen molar-refractivity contribution < 1.29 is 0 Å². The van der Waals surface area contributed by atoms with Gasteiger partial charge in [-0.2, -0.15) is 0 Å². The molecule has 1 aromatic heterocycles. The monoisotopic (exact) mass is 836 g/mol. The lowest BCUT2D eigenvalue weighted by Gasteiger charge is -2.28. The summed E-state index contributed by atoms with van der Waals surface area (Å²) in [6.07, 6.45) is 9.10. The van der Waals surface area contributed by atoms with E-state index < -0.39 is 0 Å². The number of hydrogen-bond donors (Lipinski definition) is 0. The summed E-state index contributed by atoms with van der Waals surface area (Å²) in [5.41, 5.74) is 19.7. The van der Waals surface area contributed by atoms with Crippen LogP contribution in [0.2, 0.25) is 0 Å². The minimum atomic E-state index is -0.0888. The molecule has 0 unspecified atom stereocenters. The van der Waals surface area contributed by atoms with Crippen LogP contribution in [0.25, 0.3) is 77.2 Å². The first kappa shape index (κ1) is 40.1. The number of para-hydroxylation sites is 1. The van der Waals surface area contributed by atoms with E-state index in [1.165, 1.54) is 93.9 Å². The molecule has 0 saturated heterocycles. The Bertz CT molecular complexity index is 3440. The maximum absolute atomic E-state index is 2.42. The fourth-order valence-electron chi connectivity index (χ4n) is 10.4. The van der Waals surface area contributed by atoms with Crippen molar-refractivity contribution in [1.29, 1.82) is 0 Å². The van der Waals surface area contributed by atoms with Crippen LogP contribution in [0.3, 0.4) is 0 Å². The topological polar surface area (TPSA) is 8.17 Å². The van der Waals surface area contributed by atoms with E-state index in [0.717, 1.165) is 29.9 Å². The van der Waals surface area contributed by atoms with Crippen molar-refractivity contribution in [2.45, 2.75) is 46.0 Å². The molecule has 314 valence electrons. The quantitative estimate of drug-likeness (QED) is 0.155. The largest absolute Gasteiger partial charge is 0.310 e. The zero-order valence-corrected chi connectivity index (χ0v) is 37.6. The molecule has 0 N–H and O–H groups in total. The van der Waals surface area contributed by atoms with Crippen LogP contribution in [0.1, 0.15) is 57.2 Å². The molecular formula is C63H52N2. The van der Waals surface area contributed by atoms with E-state index in [1.54, 1.807) is 0 Å². The van der Waals surface area contributed by atoms with Crippen molar-refractivity contribution in [3.05, 3.63) is 235 Å². The van der Waals surface area contributed by atoms with Crippen LogP contribution in [-0.2, 0) is 5.41 Å². The van der Waals surface area contributed by atoms with Gasteiger partial charge in [0.2, 0.25) is 0 Å². The Morgan fingerprint density at radius 2 is 1.03 bits per heavy atom. The van der Waals surface area contributed by atoms with E-state index in [4.69, 9.17) is 0 Å². The summed E-state index contributed by atoms with van der Waals surface area (Å²) in [5, 5.41) is 5.09. The molecule has 0 bridgehead atoms. The third kappa shape index (κ3) is 6.89. The highest BCUT2D eigenvalue weighted by molar-refractivity contribution is 6.22. The molecule has 2 aliphatic carbocycles. The van der Waals surface area contributed by atoms with E-state index in [1.807, 2.05) is 13.8 Å². The summed E-state index contributed by atoms with van der Waals surface area (Å²) >= 11 is 0. The van der Waals surface area contributed by atoms with Crippen LogP contribution >= 0.6 is 0 Å². The highest BCUT2D eigenvalue weighted by Crippen LogP contribution is 2.51. The molecule has 0 radical (unpaired) electrons. The molecule has 9 aromatic carbocycles. The third-order valence-corrected chi connectivity index (χ3v) is 13.6. The third-order valence-electron chi connectivity index (χ3n) is 13.6. The summed E-state index contributed by atoms with van der Waals surface area (Å²) < 4.78 is 2.40. The molecule has 2 heteroatoms. The molecule has 0 aliphatic heterocycles.